The van der Waals surface area contributed by atoms with Crippen LogP contribution in [-0.2, 0) is 0 Å². The van der Waals surface area contributed by atoms with Crippen LogP contribution in [-0.4, -0.2) is 11.0 Å². The van der Waals surface area contributed by atoms with Gasteiger partial charge in [-0.15, -0.1) is 0 Å². The second-order valence-electron chi connectivity index (χ2n) is 1.18. The van der Waals surface area contributed by atoms with Gasteiger partial charge in [0, 0.05) is 0 Å². The van der Waals surface area contributed by atoms with Crippen molar-refractivity contribution < 1.29 is 4.79 Å². The summed E-state index contributed by atoms with van der Waals surface area (Å²) in [5.41, 5.74) is 7.79. The summed E-state index contributed by atoms with van der Waals surface area (Å²) in [4.78, 5) is 2.66. The molecular weight excluding hydrogens is 90.1 g/mol. The predicted octanol–water partition coefficient (Wildman–Crippen LogP) is 0.447. The lowest BCUT2D eigenvalue weighted by Crippen LogP contribution is -1.89. The highest BCUT2D eigenvalue weighted by Gasteiger charge is 1.94. The van der Waals surface area contributed by atoms with Crippen LogP contribution >= 0.6 is 0 Å². The standard InChI is InChI=1S/C4H5N3/c1-4(2-5)3-7-6/h3-4H,1H3. The van der Waals surface area contributed by atoms with Crippen molar-refractivity contribution in [2.24, 2.45) is 5.92 Å². The van der Waals surface area contributed by atoms with Gasteiger partial charge in [-0.1, -0.05) is 0 Å². The van der Waals surface area contributed by atoms with Gasteiger partial charge in [0.25, 0.3) is 6.21 Å². The summed E-state index contributed by atoms with van der Waals surface area (Å²) in [5, 5.41) is 8.01. The molecule has 0 spiro atoms. The Morgan fingerprint density at radius 3 is 2.71 bits per heavy atom. The van der Waals surface area contributed by atoms with E-state index in [1.807, 2.05) is 6.07 Å². The summed E-state index contributed by atoms with van der Waals surface area (Å²) in [7, 11) is 0. The van der Waals surface area contributed by atoms with Crippen LogP contribution in [0.5, 0.6) is 0 Å². The number of hydrogen-bond acceptors (Lipinski definition) is 1. The first-order valence-electron chi connectivity index (χ1n) is 1.88. The molecule has 0 radical (unpaired) electrons. The largest absolute Gasteiger partial charge is 0.362 e. The van der Waals surface area contributed by atoms with Crippen LogP contribution < -0.4 is 0 Å². The normalized spacial score (nSPS) is 10.9. The molecule has 3 heteroatoms. The van der Waals surface area contributed by atoms with Crippen LogP contribution in [0.25, 0.3) is 5.53 Å². The van der Waals surface area contributed by atoms with Crippen LogP contribution in [0.2, 0.25) is 0 Å². The molecule has 0 aliphatic rings. The Kier molecular flexibility index (Phi) is 2.58. The van der Waals surface area contributed by atoms with E-state index in [9.17, 15) is 0 Å². The number of hydrogen-bond donors (Lipinski definition) is 0. The zero-order chi connectivity index (χ0) is 5.70. The van der Waals surface area contributed by atoms with Gasteiger partial charge in [-0.25, -0.2) is 0 Å². The van der Waals surface area contributed by atoms with Crippen molar-refractivity contribution >= 4 is 6.21 Å². The third-order valence-corrected chi connectivity index (χ3v) is 0.494. The maximum atomic E-state index is 8.01. The Bertz CT molecular complexity index is 126. The Balaban J connectivity index is 3.64. The molecule has 0 aliphatic carbocycles. The fourth-order valence-corrected chi connectivity index (χ4v) is 0.133. The molecule has 3 nitrogen and oxygen atoms in total. The highest BCUT2D eigenvalue weighted by molar-refractivity contribution is 5.57. The molecule has 1 atom stereocenters. The first-order valence-corrected chi connectivity index (χ1v) is 1.88. The topological polar surface area (TPSA) is 60.2 Å². The molecule has 0 aromatic carbocycles. The smallest absolute Gasteiger partial charge is 0.274 e. The van der Waals surface area contributed by atoms with E-state index in [1.54, 1.807) is 6.92 Å². The second kappa shape index (κ2) is 3.08. The number of nitrogens with zero attached hydrogens (tertiary/aromatic N) is 3. The molecule has 7 heavy (non-hydrogen) atoms. The van der Waals surface area contributed by atoms with Gasteiger partial charge in [-0.3, -0.25) is 0 Å². The lowest BCUT2D eigenvalue weighted by molar-refractivity contribution is -0.000859. The second-order valence-corrected chi connectivity index (χ2v) is 1.18. The molecule has 0 saturated carbocycles. The van der Waals surface area contributed by atoms with Gasteiger partial charge in [0.2, 0.25) is 0 Å². The van der Waals surface area contributed by atoms with Crippen LogP contribution in [0.15, 0.2) is 0 Å². The van der Waals surface area contributed by atoms with E-state index < -0.39 is 0 Å². The van der Waals surface area contributed by atoms with E-state index in [1.165, 1.54) is 6.21 Å². The van der Waals surface area contributed by atoms with Crippen molar-refractivity contribution in [1.82, 2.24) is 0 Å². The van der Waals surface area contributed by atoms with E-state index in [2.05, 4.69) is 4.79 Å². The third kappa shape index (κ3) is 2.68. The van der Waals surface area contributed by atoms with Gasteiger partial charge < -0.3 is 5.53 Å². The minimum Gasteiger partial charge on any atom is -0.362 e. The van der Waals surface area contributed by atoms with Gasteiger partial charge in [0.1, 0.15) is 5.92 Å². The molecule has 0 heterocycles. The Hall–Kier alpha value is -1.13. The average molecular weight is 95.1 g/mol. The molecule has 0 bridgehead atoms. The third-order valence-electron chi connectivity index (χ3n) is 0.494. The Labute approximate surface area is 41.8 Å². The summed E-state index contributed by atoms with van der Waals surface area (Å²) in [6.07, 6.45) is 1.17. The van der Waals surface area contributed by atoms with Crippen molar-refractivity contribution in [1.29, 1.82) is 5.26 Å². The lowest BCUT2D eigenvalue weighted by Gasteiger charge is -1.72. The summed E-state index contributed by atoms with van der Waals surface area (Å²) >= 11 is 0. The maximum absolute atomic E-state index is 8.01. The van der Waals surface area contributed by atoms with Gasteiger partial charge in [-0.05, 0) is 6.92 Å². The van der Waals surface area contributed by atoms with Crippen LogP contribution in [0, 0.1) is 17.2 Å². The lowest BCUT2D eigenvalue weighted by atomic mass is 10.2. The maximum Gasteiger partial charge on any atom is 0.274 e. The zero-order valence-electron chi connectivity index (χ0n) is 4.00. The van der Waals surface area contributed by atoms with Gasteiger partial charge in [0.15, 0.2) is 0 Å². The first-order chi connectivity index (χ1) is 3.31. The van der Waals surface area contributed by atoms with Crippen LogP contribution in [0.1, 0.15) is 6.92 Å². The first kappa shape index (κ1) is 5.87. The van der Waals surface area contributed by atoms with Gasteiger partial charge in [-0.2, -0.15) is 10.1 Å². The molecule has 0 rings (SSSR count). The van der Waals surface area contributed by atoms with Gasteiger partial charge >= 0.3 is 0 Å². The molecule has 0 saturated heterocycles. The van der Waals surface area contributed by atoms with E-state index in [-0.39, 0.29) is 5.92 Å². The number of rotatable bonds is 1. The molecule has 0 amide bonds. The zero-order valence-corrected chi connectivity index (χ0v) is 4.00. The molecule has 36 valence electrons. The highest BCUT2D eigenvalue weighted by Crippen LogP contribution is 1.79. The van der Waals surface area contributed by atoms with Crippen LogP contribution in [0.4, 0.5) is 0 Å². The van der Waals surface area contributed by atoms with Crippen LogP contribution in [0.3, 0.4) is 0 Å². The summed E-state index contributed by atoms with van der Waals surface area (Å²) in [6, 6.07) is 1.86. The van der Waals surface area contributed by atoms with Crippen molar-refractivity contribution in [3.8, 4) is 6.07 Å². The fourth-order valence-electron chi connectivity index (χ4n) is 0.133. The highest BCUT2D eigenvalue weighted by atomic mass is 14.8. The van der Waals surface area contributed by atoms with E-state index in [0.717, 1.165) is 0 Å². The van der Waals surface area contributed by atoms with Crippen molar-refractivity contribution in [2.45, 2.75) is 6.92 Å². The summed E-state index contributed by atoms with van der Waals surface area (Å²) < 4.78 is 0. The van der Waals surface area contributed by atoms with E-state index in [0.29, 0.717) is 0 Å². The molecule has 0 N–H and O–H groups in total. The minimum absolute atomic E-state index is 0.287. The summed E-state index contributed by atoms with van der Waals surface area (Å²) in [5.74, 6) is -0.287. The SMILES string of the molecule is CC(C#N)C=[N+]=[N-]. The van der Waals surface area contributed by atoms with Gasteiger partial charge in [0.05, 0.1) is 6.07 Å². The van der Waals surface area contributed by atoms with Crippen molar-refractivity contribution in [3.63, 3.8) is 0 Å². The minimum atomic E-state index is -0.287. The molecule has 1 unspecified atom stereocenters. The quantitative estimate of drug-likeness (QED) is 0.265. The Morgan fingerprint density at radius 2 is 2.57 bits per heavy atom. The summed E-state index contributed by atoms with van der Waals surface area (Å²) in [6.45, 7) is 1.64. The number of nitriles is 1. The molecular formula is C4H5N3. The van der Waals surface area contributed by atoms with Crippen molar-refractivity contribution in [3.05, 3.63) is 5.53 Å². The average Bonchev–Trinajstić information content (AvgIpc) is 1.68. The molecule has 0 aromatic heterocycles. The molecule has 0 aromatic rings. The molecule has 0 fully saturated rings. The molecule has 0 aliphatic heterocycles. The Morgan fingerprint density at radius 1 is 2.00 bits per heavy atom. The predicted molar refractivity (Wildman–Crippen MR) is 24.5 cm³/mol. The van der Waals surface area contributed by atoms with E-state index in [4.69, 9.17) is 10.8 Å². The fraction of sp³-hybridized carbons (Fsp3) is 0.500. The van der Waals surface area contributed by atoms with Crippen molar-refractivity contribution in [2.75, 3.05) is 0 Å². The monoisotopic (exact) mass is 95.0 g/mol. The van der Waals surface area contributed by atoms with E-state index >= 15 is 0 Å².